The van der Waals surface area contributed by atoms with Crippen LogP contribution < -0.4 is 19.6 Å². The molecule has 33 heavy (non-hydrogen) atoms. The van der Waals surface area contributed by atoms with Gasteiger partial charge in [-0.05, 0) is 48.2 Å². The van der Waals surface area contributed by atoms with Gasteiger partial charge in [0.25, 0.3) is 0 Å². The summed E-state index contributed by atoms with van der Waals surface area (Å²) >= 11 is 0. The van der Waals surface area contributed by atoms with Crippen LogP contribution in [0.5, 0.6) is 17.2 Å². The topological polar surface area (TPSA) is 57.9 Å². The Hall–Kier alpha value is -3.73. The molecule has 0 fully saturated rings. The number of hydrogen-bond acceptors (Lipinski definition) is 5. The zero-order chi connectivity index (χ0) is 22.8. The zero-order valence-corrected chi connectivity index (χ0v) is 18.9. The molecule has 5 nitrogen and oxygen atoms in total. The molecule has 0 amide bonds. The fraction of sp³-hybridized carbons (Fsp3) is 0.250. The van der Waals surface area contributed by atoms with E-state index in [-0.39, 0.29) is 5.43 Å². The second kappa shape index (κ2) is 9.02. The van der Waals surface area contributed by atoms with Gasteiger partial charge in [0.05, 0.1) is 10.9 Å². The standard InChI is InChI=1S/C28H26O5/c1-3-4-21-13-22-26(15-25(21)32-16-19-7-5-18(2)6-8-19)33-17-23(28(22)29)20-9-10-24-27(14-20)31-12-11-30-24/h5-10,13-15,17H,3-4,11-12,16H2,1-2H3. The summed E-state index contributed by atoms with van der Waals surface area (Å²) in [5, 5.41) is 0.550. The van der Waals surface area contributed by atoms with E-state index in [0.29, 0.717) is 47.9 Å². The first-order valence-electron chi connectivity index (χ1n) is 11.3. The maximum Gasteiger partial charge on any atom is 0.200 e. The van der Waals surface area contributed by atoms with E-state index in [9.17, 15) is 4.79 Å². The van der Waals surface area contributed by atoms with Crippen molar-refractivity contribution in [2.45, 2.75) is 33.3 Å². The average Bonchev–Trinajstić information content (AvgIpc) is 2.84. The predicted molar refractivity (Wildman–Crippen MR) is 128 cm³/mol. The third-order valence-electron chi connectivity index (χ3n) is 5.84. The first-order valence-corrected chi connectivity index (χ1v) is 11.3. The summed E-state index contributed by atoms with van der Waals surface area (Å²) in [6.45, 7) is 5.66. The lowest BCUT2D eigenvalue weighted by molar-refractivity contribution is 0.171. The minimum atomic E-state index is -0.0737. The molecule has 2 heterocycles. The Balaban J connectivity index is 1.51. The minimum Gasteiger partial charge on any atom is -0.488 e. The number of ether oxygens (including phenoxy) is 3. The summed E-state index contributed by atoms with van der Waals surface area (Å²) in [5.41, 5.74) is 4.99. The highest BCUT2D eigenvalue weighted by atomic mass is 16.6. The fourth-order valence-electron chi connectivity index (χ4n) is 4.06. The summed E-state index contributed by atoms with van der Waals surface area (Å²) in [7, 11) is 0. The number of rotatable bonds is 6. The number of fused-ring (bicyclic) bond motifs is 2. The van der Waals surface area contributed by atoms with E-state index in [1.54, 1.807) is 0 Å². The monoisotopic (exact) mass is 442 g/mol. The number of benzene rings is 3. The average molecular weight is 443 g/mol. The van der Waals surface area contributed by atoms with Crippen LogP contribution in [0.1, 0.15) is 30.0 Å². The highest BCUT2D eigenvalue weighted by Crippen LogP contribution is 2.35. The molecule has 0 unspecified atom stereocenters. The fourth-order valence-corrected chi connectivity index (χ4v) is 4.06. The van der Waals surface area contributed by atoms with Crippen LogP contribution in [-0.4, -0.2) is 13.2 Å². The van der Waals surface area contributed by atoms with E-state index in [0.717, 1.165) is 35.3 Å². The second-order valence-corrected chi connectivity index (χ2v) is 8.32. The molecular weight excluding hydrogens is 416 g/mol. The van der Waals surface area contributed by atoms with Gasteiger partial charge in [-0.1, -0.05) is 49.2 Å². The van der Waals surface area contributed by atoms with Crippen LogP contribution in [0.25, 0.3) is 22.1 Å². The summed E-state index contributed by atoms with van der Waals surface area (Å²) < 4.78 is 23.3. The largest absolute Gasteiger partial charge is 0.488 e. The van der Waals surface area contributed by atoms with Crippen LogP contribution in [0.3, 0.4) is 0 Å². The predicted octanol–water partition coefficient (Wildman–Crippen LogP) is 6.07. The Kier molecular flexibility index (Phi) is 5.78. The van der Waals surface area contributed by atoms with Crippen molar-refractivity contribution in [1.29, 1.82) is 0 Å². The smallest absolute Gasteiger partial charge is 0.200 e. The Morgan fingerprint density at radius 2 is 1.73 bits per heavy atom. The van der Waals surface area contributed by atoms with Crippen molar-refractivity contribution in [3.63, 3.8) is 0 Å². The van der Waals surface area contributed by atoms with Crippen molar-refractivity contribution < 1.29 is 18.6 Å². The third-order valence-corrected chi connectivity index (χ3v) is 5.84. The maximum absolute atomic E-state index is 13.4. The first-order chi connectivity index (χ1) is 16.1. The van der Waals surface area contributed by atoms with Gasteiger partial charge in [-0.25, -0.2) is 0 Å². The molecule has 0 spiro atoms. The van der Waals surface area contributed by atoms with Crippen molar-refractivity contribution in [2.75, 3.05) is 13.2 Å². The van der Waals surface area contributed by atoms with Gasteiger partial charge in [0.2, 0.25) is 5.43 Å². The van der Waals surface area contributed by atoms with Crippen LogP contribution in [-0.2, 0) is 13.0 Å². The van der Waals surface area contributed by atoms with Crippen LogP contribution >= 0.6 is 0 Å². The SMILES string of the molecule is CCCc1cc2c(=O)c(-c3ccc4c(c3)OCCO4)coc2cc1OCc1ccc(C)cc1. The van der Waals surface area contributed by atoms with E-state index in [1.165, 1.54) is 11.8 Å². The van der Waals surface area contributed by atoms with Gasteiger partial charge in [0.15, 0.2) is 11.5 Å². The first kappa shape index (κ1) is 21.1. The van der Waals surface area contributed by atoms with Gasteiger partial charge < -0.3 is 18.6 Å². The van der Waals surface area contributed by atoms with Crippen molar-refractivity contribution in [2.24, 2.45) is 0 Å². The van der Waals surface area contributed by atoms with Crippen LogP contribution in [0.4, 0.5) is 0 Å². The highest BCUT2D eigenvalue weighted by molar-refractivity contribution is 5.84. The van der Waals surface area contributed by atoms with E-state index in [1.807, 2.05) is 30.3 Å². The van der Waals surface area contributed by atoms with Crippen molar-refractivity contribution in [1.82, 2.24) is 0 Å². The van der Waals surface area contributed by atoms with Crippen molar-refractivity contribution in [3.05, 3.63) is 87.8 Å². The Morgan fingerprint density at radius 1 is 0.939 bits per heavy atom. The molecule has 1 aromatic heterocycles. The molecule has 0 saturated carbocycles. The van der Waals surface area contributed by atoms with Crippen LogP contribution in [0.15, 0.2) is 70.1 Å². The quantitative estimate of drug-likeness (QED) is 0.363. The molecule has 0 bridgehead atoms. The molecular formula is C28H26O5. The van der Waals surface area contributed by atoms with Gasteiger partial charge in [-0.3, -0.25) is 4.79 Å². The molecule has 168 valence electrons. The van der Waals surface area contributed by atoms with Gasteiger partial charge in [0.1, 0.15) is 37.4 Å². The normalized spacial score (nSPS) is 12.7. The molecule has 1 aliphatic heterocycles. The molecule has 5 rings (SSSR count). The molecule has 3 aromatic carbocycles. The Bertz CT molecular complexity index is 1350. The van der Waals surface area contributed by atoms with Gasteiger partial charge in [-0.2, -0.15) is 0 Å². The van der Waals surface area contributed by atoms with E-state index >= 15 is 0 Å². The molecule has 0 N–H and O–H groups in total. The van der Waals surface area contributed by atoms with Crippen molar-refractivity contribution >= 4 is 11.0 Å². The summed E-state index contributed by atoms with van der Waals surface area (Å²) in [6, 6.07) is 17.6. The molecule has 1 aliphatic rings. The van der Waals surface area contributed by atoms with E-state index < -0.39 is 0 Å². The lowest BCUT2D eigenvalue weighted by Crippen LogP contribution is -2.15. The van der Waals surface area contributed by atoms with Gasteiger partial charge in [-0.15, -0.1) is 0 Å². The molecule has 0 atom stereocenters. The van der Waals surface area contributed by atoms with Crippen molar-refractivity contribution in [3.8, 4) is 28.4 Å². The molecule has 0 saturated heterocycles. The summed E-state index contributed by atoms with van der Waals surface area (Å²) in [5.74, 6) is 2.08. The summed E-state index contributed by atoms with van der Waals surface area (Å²) in [4.78, 5) is 13.4. The van der Waals surface area contributed by atoms with E-state index in [4.69, 9.17) is 18.6 Å². The summed E-state index contributed by atoms with van der Waals surface area (Å²) in [6.07, 6.45) is 3.27. The van der Waals surface area contributed by atoms with Crippen LogP contribution in [0.2, 0.25) is 0 Å². The third kappa shape index (κ3) is 4.31. The maximum atomic E-state index is 13.4. The lowest BCUT2D eigenvalue weighted by atomic mass is 10.0. The Labute approximate surface area is 192 Å². The number of hydrogen-bond donors (Lipinski definition) is 0. The molecule has 4 aromatic rings. The second-order valence-electron chi connectivity index (χ2n) is 8.32. The highest BCUT2D eigenvalue weighted by Gasteiger charge is 2.17. The van der Waals surface area contributed by atoms with E-state index in [2.05, 4.69) is 38.1 Å². The van der Waals surface area contributed by atoms with Gasteiger partial charge >= 0.3 is 0 Å². The number of aryl methyl sites for hydroxylation is 2. The Morgan fingerprint density at radius 3 is 2.52 bits per heavy atom. The lowest BCUT2D eigenvalue weighted by Gasteiger charge is -2.18. The molecule has 0 radical (unpaired) electrons. The minimum absolute atomic E-state index is 0.0737. The molecule has 5 heteroatoms. The van der Waals surface area contributed by atoms with Gasteiger partial charge in [0, 0.05) is 6.07 Å². The van der Waals surface area contributed by atoms with Crippen LogP contribution in [0, 0.1) is 6.92 Å². The molecule has 0 aliphatic carbocycles. The zero-order valence-electron chi connectivity index (χ0n) is 18.9.